The van der Waals surface area contributed by atoms with Crippen molar-refractivity contribution in [1.29, 1.82) is 0 Å². The third-order valence-corrected chi connectivity index (χ3v) is 3.87. The second-order valence-corrected chi connectivity index (χ2v) is 5.58. The monoisotopic (exact) mass is 340 g/mol. The first-order valence-corrected chi connectivity index (χ1v) is 6.88. The number of benzene rings is 2. The van der Waals surface area contributed by atoms with E-state index in [1.165, 1.54) is 12.1 Å². The fraction of sp³-hybridized carbons (Fsp3) is 0.133. The number of hydrogen-bond acceptors (Lipinski definition) is 1. The lowest BCUT2D eigenvalue weighted by Gasteiger charge is -2.06. The van der Waals surface area contributed by atoms with Gasteiger partial charge in [-0.15, -0.1) is 0 Å². The van der Waals surface area contributed by atoms with Gasteiger partial charge in [-0.1, -0.05) is 33.6 Å². The molecule has 0 radical (unpaired) electrons. The van der Waals surface area contributed by atoms with Gasteiger partial charge in [-0.3, -0.25) is 4.79 Å². The largest absolute Gasteiger partial charge is 0.294 e. The smallest absolute Gasteiger partial charge is 0.168 e. The Morgan fingerprint density at radius 2 is 2.00 bits per heavy atom. The molecule has 0 aliphatic carbocycles. The van der Waals surface area contributed by atoms with E-state index in [4.69, 9.17) is 11.6 Å². The Bertz CT molecular complexity index is 640. The average Bonchev–Trinajstić information content (AvgIpc) is 2.33. The van der Waals surface area contributed by atoms with Gasteiger partial charge in [-0.05, 0) is 48.4 Å². The SMILES string of the molecule is Cc1ccc(C(=O)Cc2cc(F)ccc2Br)c(Cl)c1. The maximum atomic E-state index is 13.2. The molecule has 0 spiro atoms. The van der Waals surface area contributed by atoms with Crippen LogP contribution in [0.25, 0.3) is 0 Å². The summed E-state index contributed by atoms with van der Waals surface area (Å²) in [6, 6.07) is 9.57. The average molecular weight is 342 g/mol. The lowest BCUT2D eigenvalue weighted by atomic mass is 10.0. The molecule has 98 valence electrons. The maximum absolute atomic E-state index is 13.2. The molecule has 0 fully saturated rings. The van der Waals surface area contributed by atoms with Crippen molar-refractivity contribution in [2.45, 2.75) is 13.3 Å². The quantitative estimate of drug-likeness (QED) is 0.720. The minimum Gasteiger partial charge on any atom is -0.294 e. The molecule has 0 unspecified atom stereocenters. The van der Waals surface area contributed by atoms with Crippen molar-refractivity contribution in [2.24, 2.45) is 0 Å². The minimum absolute atomic E-state index is 0.112. The predicted molar refractivity (Wildman–Crippen MR) is 78.3 cm³/mol. The van der Waals surface area contributed by atoms with Gasteiger partial charge in [0.25, 0.3) is 0 Å². The molecule has 0 amide bonds. The number of aryl methyl sites for hydroxylation is 1. The summed E-state index contributed by atoms with van der Waals surface area (Å²) in [5.41, 5.74) is 2.07. The minimum atomic E-state index is -0.360. The van der Waals surface area contributed by atoms with Crippen LogP contribution in [0.2, 0.25) is 5.02 Å². The van der Waals surface area contributed by atoms with E-state index in [0.29, 0.717) is 20.6 Å². The van der Waals surface area contributed by atoms with E-state index in [1.807, 2.05) is 13.0 Å². The molecular weight excluding hydrogens is 331 g/mol. The molecule has 1 nitrogen and oxygen atoms in total. The molecular formula is C15H11BrClFO. The predicted octanol–water partition coefficient (Wildman–Crippen LogP) is 4.98. The van der Waals surface area contributed by atoms with Crippen molar-refractivity contribution < 1.29 is 9.18 Å². The molecule has 19 heavy (non-hydrogen) atoms. The molecule has 0 aliphatic rings. The van der Waals surface area contributed by atoms with Gasteiger partial charge in [0.05, 0.1) is 5.02 Å². The van der Waals surface area contributed by atoms with Crippen LogP contribution in [0.3, 0.4) is 0 Å². The molecule has 0 heterocycles. The molecule has 2 aromatic rings. The lowest BCUT2D eigenvalue weighted by Crippen LogP contribution is -2.05. The van der Waals surface area contributed by atoms with Crippen LogP contribution < -0.4 is 0 Å². The van der Waals surface area contributed by atoms with E-state index in [1.54, 1.807) is 18.2 Å². The molecule has 4 heteroatoms. The number of rotatable bonds is 3. The Balaban J connectivity index is 2.28. The second kappa shape index (κ2) is 5.85. The van der Waals surface area contributed by atoms with Gasteiger partial charge in [0.1, 0.15) is 5.82 Å². The molecule has 2 rings (SSSR count). The summed E-state index contributed by atoms with van der Waals surface area (Å²) < 4.78 is 13.9. The molecule has 0 saturated heterocycles. The van der Waals surface area contributed by atoms with Crippen molar-refractivity contribution in [3.05, 3.63) is 68.4 Å². The van der Waals surface area contributed by atoms with Gasteiger partial charge in [0.2, 0.25) is 0 Å². The van der Waals surface area contributed by atoms with Crippen LogP contribution in [0.15, 0.2) is 40.9 Å². The molecule has 0 aromatic heterocycles. The Labute approximate surface area is 124 Å². The zero-order chi connectivity index (χ0) is 14.0. The second-order valence-electron chi connectivity index (χ2n) is 4.32. The summed E-state index contributed by atoms with van der Waals surface area (Å²) in [6.07, 6.45) is 0.112. The summed E-state index contributed by atoms with van der Waals surface area (Å²) in [4.78, 5) is 12.2. The van der Waals surface area contributed by atoms with E-state index in [0.717, 1.165) is 5.56 Å². The van der Waals surface area contributed by atoms with Crippen molar-refractivity contribution >= 4 is 33.3 Å². The van der Waals surface area contributed by atoms with E-state index < -0.39 is 0 Å². The highest BCUT2D eigenvalue weighted by Crippen LogP contribution is 2.23. The number of carbonyl (C=O) groups is 1. The van der Waals surface area contributed by atoms with E-state index >= 15 is 0 Å². The van der Waals surface area contributed by atoms with Crippen LogP contribution in [0.5, 0.6) is 0 Å². The van der Waals surface area contributed by atoms with Gasteiger partial charge in [0, 0.05) is 16.5 Å². The molecule has 0 bridgehead atoms. The van der Waals surface area contributed by atoms with Gasteiger partial charge in [0.15, 0.2) is 5.78 Å². The van der Waals surface area contributed by atoms with E-state index in [-0.39, 0.29) is 18.0 Å². The van der Waals surface area contributed by atoms with Crippen LogP contribution in [0.1, 0.15) is 21.5 Å². The molecule has 0 N–H and O–H groups in total. The topological polar surface area (TPSA) is 17.1 Å². The number of Topliss-reactive ketones (excluding diaryl/α,β-unsaturated/α-hetero) is 1. The zero-order valence-corrected chi connectivity index (χ0v) is 12.6. The summed E-state index contributed by atoms with van der Waals surface area (Å²) in [7, 11) is 0. The fourth-order valence-corrected chi connectivity index (χ4v) is 2.52. The van der Waals surface area contributed by atoms with Crippen molar-refractivity contribution in [3.63, 3.8) is 0 Å². The Kier molecular flexibility index (Phi) is 4.38. The first-order chi connectivity index (χ1) is 8.97. The number of hydrogen-bond donors (Lipinski definition) is 0. The van der Waals surface area contributed by atoms with Crippen LogP contribution in [0, 0.1) is 12.7 Å². The summed E-state index contributed by atoms with van der Waals surface area (Å²) in [5.74, 6) is -0.489. The van der Waals surface area contributed by atoms with E-state index in [9.17, 15) is 9.18 Å². The normalized spacial score (nSPS) is 10.5. The molecule has 2 aromatic carbocycles. The number of halogens is 3. The Morgan fingerprint density at radius 3 is 2.68 bits per heavy atom. The summed E-state index contributed by atoms with van der Waals surface area (Å²) in [5, 5.41) is 0.428. The van der Waals surface area contributed by atoms with Crippen molar-refractivity contribution in [2.75, 3.05) is 0 Å². The van der Waals surface area contributed by atoms with Crippen molar-refractivity contribution in [1.82, 2.24) is 0 Å². The third-order valence-electron chi connectivity index (χ3n) is 2.78. The molecule has 0 aliphatic heterocycles. The lowest BCUT2D eigenvalue weighted by molar-refractivity contribution is 0.0993. The first kappa shape index (κ1) is 14.2. The third kappa shape index (κ3) is 3.43. The Hall–Kier alpha value is -1.19. The van der Waals surface area contributed by atoms with Crippen LogP contribution in [0.4, 0.5) is 4.39 Å². The standard InChI is InChI=1S/C15H11BrClFO/c1-9-2-4-12(14(17)6-9)15(19)8-10-7-11(18)3-5-13(10)16/h2-7H,8H2,1H3. The van der Waals surface area contributed by atoms with Crippen molar-refractivity contribution in [3.8, 4) is 0 Å². The number of carbonyl (C=O) groups excluding carboxylic acids is 1. The maximum Gasteiger partial charge on any atom is 0.168 e. The van der Waals surface area contributed by atoms with Crippen LogP contribution in [-0.4, -0.2) is 5.78 Å². The zero-order valence-electron chi connectivity index (χ0n) is 10.2. The highest BCUT2D eigenvalue weighted by atomic mass is 79.9. The first-order valence-electron chi connectivity index (χ1n) is 5.70. The fourth-order valence-electron chi connectivity index (χ4n) is 1.79. The van der Waals surface area contributed by atoms with Crippen LogP contribution >= 0.6 is 27.5 Å². The summed E-state index contributed by atoms with van der Waals surface area (Å²) >= 11 is 9.36. The van der Waals surface area contributed by atoms with Gasteiger partial charge < -0.3 is 0 Å². The van der Waals surface area contributed by atoms with E-state index in [2.05, 4.69) is 15.9 Å². The highest BCUT2D eigenvalue weighted by molar-refractivity contribution is 9.10. The van der Waals surface area contributed by atoms with Gasteiger partial charge in [-0.25, -0.2) is 4.39 Å². The molecule has 0 atom stereocenters. The van der Waals surface area contributed by atoms with Crippen LogP contribution in [-0.2, 0) is 6.42 Å². The highest BCUT2D eigenvalue weighted by Gasteiger charge is 2.13. The van der Waals surface area contributed by atoms with Gasteiger partial charge in [-0.2, -0.15) is 0 Å². The number of ketones is 1. The summed E-state index contributed by atoms with van der Waals surface area (Å²) in [6.45, 7) is 1.91. The molecule has 0 saturated carbocycles. The van der Waals surface area contributed by atoms with Gasteiger partial charge >= 0.3 is 0 Å². The Morgan fingerprint density at radius 1 is 1.26 bits per heavy atom.